The normalized spacial score (nSPS) is 10.7. The first-order valence-electron chi connectivity index (χ1n) is 6.00. The number of hydrogen-bond acceptors (Lipinski definition) is 1. The summed E-state index contributed by atoms with van der Waals surface area (Å²) in [6, 6.07) is 4.27. The van der Waals surface area contributed by atoms with Crippen molar-refractivity contribution in [3.05, 3.63) is 70.5 Å². The molecule has 0 amide bonds. The Morgan fingerprint density at radius 3 is 2.00 bits per heavy atom. The van der Waals surface area contributed by atoms with Crippen LogP contribution in [0.4, 0.5) is 22.0 Å². The van der Waals surface area contributed by atoms with E-state index in [2.05, 4.69) is 0 Å². The van der Waals surface area contributed by atoms with Crippen molar-refractivity contribution in [1.82, 2.24) is 0 Å². The summed E-state index contributed by atoms with van der Waals surface area (Å²) in [7, 11) is 0. The van der Waals surface area contributed by atoms with Crippen LogP contribution in [0.15, 0.2) is 30.3 Å². The number of rotatable bonds is 4. The van der Waals surface area contributed by atoms with Crippen molar-refractivity contribution < 1.29 is 26.7 Å². The van der Waals surface area contributed by atoms with Crippen molar-refractivity contribution in [2.45, 2.75) is 12.8 Å². The molecule has 0 unspecified atom stereocenters. The second-order valence-corrected chi connectivity index (χ2v) is 4.43. The van der Waals surface area contributed by atoms with Gasteiger partial charge in [-0.3, -0.25) is 4.79 Å². The van der Waals surface area contributed by atoms with Crippen molar-refractivity contribution in [1.29, 1.82) is 0 Å². The van der Waals surface area contributed by atoms with Crippen LogP contribution in [0.25, 0.3) is 0 Å². The summed E-state index contributed by atoms with van der Waals surface area (Å²) in [5.74, 6) is -7.01. The molecule has 0 saturated carbocycles. The predicted molar refractivity (Wildman–Crippen MR) is 65.3 cm³/mol. The van der Waals surface area contributed by atoms with E-state index >= 15 is 0 Å². The zero-order chi connectivity index (χ0) is 15.6. The summed E-state index contributed by atoms with van der Waals surface area (Å²) in [6.07, 6.45) is -0.221. The Hall–Kier alpha value is -2.24. The lowest BCUT2D eigenvalue weighted by Crippen LogP contribution is -2.03. The molecule has 0 heterocycles. The van der Waals surface area contributed by atoms with Crippen LogP contribution >= 0.6 is 0 Å². The number of halogens is 5. The van der Waals surface area contributed by atoms with E-state index in [1.54, 1.807) is 0 Å². The predicted octanol–water partition coefficient (Wildman–Crippen LogP) is 4.20. The third-order valence-electron chi connectivity index (χ3n) is 2.93. The molecule has 0 spiro atoms. The van der Waals surface area contributed by atoms with Gasteiger partial charge in [-0.05, 0) is 42.3 Å². The number of carbonyl (C=O) groups is 1. The summed E-state index contributed by atoms with van der Waals surface area (Å²) in [5.41, 5.74) is 0.0549. The lowest BCUT2D eigenvalue weighted by Gasteiger charge is -2.04. The fraction of sp³-hybridized carbons (Fsp3) is 0.133. The lowest BCUT2D eigenvalue weighted by molar-refractivity contribution is 0.0982. The molecule has 110 valence electrons. The molecule has 6 heteroatoms. The van der Waals surface area contributed by atoms with E-state index in [0.717, 1.165) is 30.3 Å². The quantitative estimate of drug-likeness (QED) is 0.470. The fourth-order valence-electron chi connectivity index (χ4n) is 1.82. The average Bonchev–Trinajstić information content (AvgIpc) is 2.44. The zero-order valence-corrected chi connectivity index (χ0v) is 10.6. The molecule has 0 N–H and O–H groups in total. The van der Waals surface area contributed by atoms with E-state index in [9.17, 15) is 26.7 Å². The molecular formula is C15H9F5O. The molecule has 21 heavy (non-hydrogen) atoms. The average molecular weight is 300 g/mol. The van der Waals surface area contributed by atoms with Gasteiger partial charge >= 0.3 is 0 Å². The van der Waals surface area contributed by atoms with Crippen LogP contribution < -0.4 is 0 Å². The van der Waals surface area contributed by atoms with Crippen molar-refractivity contribution in [3.63, 3.8) is 0 Å². The van der Waals surface area contributed by atoms with Gasteiger partial charge in [0.25, 0.3) is 0 Å². The minimum absolute atomic E-state index is 0.0445. The Morgan fingerprint density at radius 1 is 0.810 bits per heavy atom. The highest BCUT2D eigenvalue weighted by Gasteiger charge is 2.13. The minimum Gasteiger partial charge on any atom is -0.294 e. The van der Waals surface area contributed by atoms with Gasteiger partial charge < -0.3 is 0 Å². The minimum atomic E-state index is -1.58. The molecule has 2 aromatic carbocycles. The van der Waals surface area contributed by atoms with Crippen molar-refractivity contribution in [2.75, 3.05) is 0 Å². The standard InChI is InChI=1S/C15H9F5O/c16-10-3-2-9(7-11(10)17)14(21)4-1-8-5-12(18)15(20)13(19)6-8/h2-3,5-7H,1,4H2. The smallest absolute Gasteiger partial charge is 0.194 e. The second-order valence-electron chi connectivity index (χ2n) is 4.43. The van der Waals surface area contributed by atoms with Crippen LogP contribution in [0.2, 0.25) is 0 Å². The van der Waals surface area contributed by atoms with E-state index in [-0.39, 0.29) is 24.0 Å². The summed E-state index contributed by atoms with van der Waals surface area (Å²) in [5, 5.41) is 0. The highest BCUT2D eigenvalue weighted by molar-refractivity contribution is 5.96. The van der Waals surface area contributed by atoms with E-state index in [1.807, 2.05) is 0 Å². The molecule has 0 aliphatic heterocycles. The Labute approximate surface area is 117 Å². The molecule has 0 radical (unpaired) electrons. The van der Waals surface area contributed by atoms with Crippen molar-refractivity contribution in [2.24, 2.45) is 0 Å². The maximum atomic E-state index is 13.0. The molecule has 2 rings (SSSR count). The number of hydrogen-bond donors (Lipinski definition) is 0. The van der Waals surface area contributed by atoms with Gasteiger partial charge in [-0.1, -0.05) is 0 Å². The van der Waals surface area contributed by atoms with E-state index in [1.165, 1.54) is 0 Å². The second kappa shape index (κ2) is 6.03. The van der Waals surface area contributed by atoms with Gasteiger partial charge in [0.2, 0.25) is 0 Å². The number of carbonyl (C=O) groups excluding carboxylic acids is 1. The first kappa shape index (κ1) is 15.2. The van der Waals surface area contributed by atoms with E-state index < -0.39 is 34.9 Å². The SMILES string of the molecule is O=C(CCc1cc(F)c(F)c(F)c1)c1ccc(F)c(F)c1. The van der Waals surface area contributed by atoms with E-state index in [0.29, 0.717) is 0 Å². The molecule has 0 atom stereocenters. The Balaban J connectivity index is 2.09. The maximum Gasteiger partial charge on any atom is 0.194 e. The van der Waals surface area contributed by atoms with Gasteiger partial charge in [-0.25, -0.2) is 22.0 Å². The monoisotopic (exact) mass is 300 g/mol. The number of benzene rings is 2. The van der Waals surface area contributed by atoms with Crippen LogP contribution in [0.5, 0.6) is 0 Å². The first-order chi connectivity index (χ1) is 9.88. The molecule has 0 fully saturated rings. The summed E-state index contributed by atoms with van der Waals surface area (Å²) in [6.45, 7) is 0. The molecule has 0 aliphatic rings. The molecule has 0 aliphatic carbocycles. The Morgan fingerprint density at radius 2 is 1.43 bits per heavy atom. The van der Waals surface area contributed by atoms with E-state index in [4.69, 9.17) is 0 Å². The highest BCUT2D eigenvalue weighted by atomic mass is 19.2. The maximum absolute atomic E-state index is 13.0. The van der Waals surface area contributed by atoms with Gasteiger partial charge in [0.1, 0.15) is 0 Å². The van der Waals surface area contributed by atoms with Crippen LogP contribution in [0, 0.1) is 29.1 Å². The Bertz CT molecular complexity index is 673. The topological polar surface area (TPSA) is 17.1 Å². The number of ketones is 1. The number of aryl methyl sites for hydroxylation is 1. The molecule has 2 aromatic rings. The lowest BCUT2D eigenvalue weighted by atomic mass is 10.0. The number of Topliss-reactive ketones (excluding diaryl/α,β-unsaturated/α-hetero) is 1. The van der Waals surface area contributed by atoms with Crippen LogP contribution in [-0.4, -0.2) is 5.78 Å². The van der Waals surface area contributed by atoms with Crippen LogP contribution in [0.3, 0.4) is 0 Å². The molecule has 0 aromatic heterocycles. The third-order valence-corrected chi connectivity index (χ3v) is 2.93. The highest BCUT2D eigenvalue weighted by Crippen LogP contribution is 2.16. The largest absolute Gasteiger partial charge is 0.294 e. The van der Waals surface area contributed by atoms with Crippen LogP contribution in [0.1, 0.15) is 22.3 Å². The van der Waals surface area contributed by atoms with Crippen molar-refractivity contribution in [3.8, 4) is 0 Å². The molecule has 0 saturated heterocycles. The van der Waals surface area contributed by atoms with Gasteiger partial charge in [0.15, 0.2) is 34.9 Å². The van der Waals surface area contributed by atoms with Gasteiger partial charge in [-0.2, -0.15) is 0 Å². The first-order valence-corrected chi connectivity index (χ1v) is 6.00. The molecule has 1 nitrogen and oxygen atoms in total. The van der Waals surface area contributed by atoms with Crippen LogP contribution in [-0.2, 0) is 6.42 Å². The van der Waals surface area contributed by atoms with Gasteiger partial charge in [-0.15, -0.1) is 0 Å². The molecule has 0 bridgehead atoms. The van der Waals surface area contributed by atoms with Gasteiger partial charge in [0, 0.05) is 12.0 Å². The third kappa shape index (κ3) is 3.45. The van der Waals surface area contributed by atoms with Crippen molar-refractivity contribution >= 4 is 5.78 Å². The summed E-state index contributed by atoms with van der Waals surface area (Å²) in [4.78, 5) is 11.8. The Kier molecular flexibility index (Phi) is 4.35. The summed E-state index contributed by atoms with van der Waals surface area (Å²) >= 11 is 0. The summed E-state index contributed by atoms with van der Waals surface area (Å²) < 4.78 is 64.5. The fourth-order valence-corrected chi connectivity index (χ4v) is 1.82. The molecular weight excluding hydrogens is 291 g/mol. The van der Waals surface area contributed by atoms with Gasteiger partial charge in [0.05, 0.1) is 0 Å². The zero-order valence-electron chi connectivity index (χ0n) is 10.6.